The van der Waals surface area contributed by atoms with E-state index in [1.165, 1.54) is 12.1 Å². The molecule has 112 valence electrons. The van der Waals surface area contributed by atoms with E-state index in [-0.39, 0.29) is 73.1 Å². The van der Waals surface area contributed by atoms with Crippen LogP contribution in [0, 0.1) is 0 Å². The Morgan fingerprint density at radius 3 is 1.27 bits per heavy atom. The van der Waals surface area contributed by atoms with Crippen LogP contribution in [0.25, 0.3) is 0 Å². The summed E-state index contributed by atoms with van der Waals surface area (Å²) >= 11 is 0. The number of hydrogen-bond donors (Lipinski definition) is 2. The second kappa shape index (κ2) is 7.51. The van der Waals surface area contributed by atoms with E-state index in [0.717, 1.165) is 12.1 Å². The van der Waals surface area contributed by atoms with Crippen LogP contribution in [0.1, 0.15) is 23.6 Å². The van der Waals surface area contributed by atoms with Gasteiger partial charge in [0.1, 0.15) is 0 Å². The third-order valence-electron chi connectivity index (χ3n) is 2.89. The van der Waals surface area contributed by atoms with Gasteiger partial charge in [0, 0.05) is 11.1 Å². The van der Waals surface area contributed by atoms with Crippen LogP contribution in [0.2, 0.25) is 0 Å². The summed E-state index contributed by atoms with van der Waals surface area (Å²) in [6, 6.07) is 4.96. The SMILES string of the molecule is O=C1c2ccccc2C(=O)C(S(=O)(=O)O)C1S(=O)(=O)O.[H-].[H-].[Na+].[Na+]. The molecule has 1 aliphatic carbocycles. The Morgan fingerprint density at radius 2 is 1.05 bits per heavy atom. The van der Waals surface area contributed by atoms with Crippen molar-refractivity contribution >= 4 is 31.8 Å². The molecule has 1 aliphatic rings. The predicted molar refractivity (Wildman–Crippen MR) is 68.0 cm³/mol. The summed E-state index contributed by atoms with van der Waals surface area (Å²) in [6.45, 7) is 0. The van der Waals surface area contributed by atoms with Crippen LogP contribution in [0.15, 0.2) is 24.3 Å². The zero-order valence-corrected chi connectivity index (χ0v) is 17.3. The average Bonchev–Trinajstić information content (AvgIpc) is 2.30. The van der Waals surface area contributed by atoms with E-state index in [9.17, 15) is 26.4 Å². The molecule has 1 aromatic rings. The van der Waals surface area contributed by atoms with E-state index in [0.29, 0.717) is 0 Å². The van der Waals surface area contributed by atoms with E-state index in [1.54, 1.807) is 0 Å². The van der Waals surface area contributed by atoms with Gasteiger partial charge in [-0.25, -0.2) is 0 Å². The summed E-state index contributed by atoms with van der Waals surface area (Å²) in [5.41, 5.74) is -0.639. The van der Waals surface area contributed by atoms with Gasteiger partial charge in [-0.2, -0.15) is 16.8 Å². The molecule has 0 amide bonds. The van der Waals surface area contributed by atoms with Crippen LogP contribution in [0.5, 0.6) is 0 Å². The van der Waals surface area contributed by atoms with Gasteiger partial charge in [0.05, 0.1) is 0 Å². The Labute approximate surface area is 173 Å². The number of carbonyl (C=O) groups is 2. The van der Waals surface area contributed by atoms with E-state index in [2.05, 4.69) is 0 Å². The average molecular weight is 368 g/mol. The molecule has 0 fully saturated rings. The number of benzene rings is 1. The molecule has 0 radical (unpaired) electrons. The molecule has 0 bridgehead atoms. The number of ketones is 2. The van der Waals surface area contributed by atoms with Crippen molar-refractivity contribution in [2.45, 2.75) is 10.5 Å². The molecule has 0 saturated carbocycles. The molecule has 2 atom stereocenters. The summed E-state index contributed by atoms with van der Waals surface area (Å²) in [5, 5.41) is -5.14. The summed E-state index contributed by atoms with van der Waals surface area (Å²) in [5.74, 6) is -2.52. The Kier molecular flexibility index (Phi) is 7.64. The Hall–Kier alpha value is 0.380. The van der Waals surface area contributed by atoms with Crippen molar-refractivity contribution < 1.29 is 97.5 Å². The second-order valence-electron chi connectivity index (χ2n) is 4.15. The standard InChI is InChI=1S/C10H8O8S2.2Na.2H/c11-7-5-3-1-2-4-6(5)8(12)10(20(16,17)18)9(7)19(13,14)15;;;;/h1-4,9-10H,(H,13,14,15)(H,16,17,18);;;;/q;2*+1;2*-1. The van der Waals surface area contributed by atoms with Crippen molar-refractivity contribution in [3.63, 3.8) is 0 Å². The maximum absolute atomic E-state index is 12.0. The monoisotopic (exact) mass is 368 g/mol. The van der Waals surface area contributed by atoms with E-state index in [4.69, 9.17) is 9.11 Å². The zero-order valence-electron chi connectivity index (χ0n) is 13.6. The van der Waals surface area contributed by atoms with Crippen molar-refractivity contribution in [3.8, 4) is 0 Å². The fourth-order valence-electron chi connectivity index (χ4n) is 2.08. The first kappa shape index (κ1) is 22.4. The number of fused-ring (bicyclic) bond motifs is 1. The van der Waals surface area contributed by atoms with Crippen molar-refractivity contribution in [1.82, 2.24) is 0 Å². The van der Waals surface area contributed by atoms with Gasteiger partial charge >= 0.3 is 59.1 Å². The third kappa shape index (κ3) is 4.07. The van der Waals surface area contributed by atoms with Gasteiger partial charge in [0.2, 0.25) is 0 Å². The molecule has 0 spiro atoms. The van der Waals surface area contributed by atoms with Crippen LogP contribution in [-0.4, -0.2) is 48.0 Å². The fraction of sp³-hybridized carbons (Fsp3) is 0.200. The Morgan fingerprint density at radius 1 is 0.773 bits per heavy atom. The first-order valence-corrected chi connectivity index (χ1v) is 8.16. The van der Waals surface area contributed by atoms with Gasteiger partial charge in [-0.05, 0) is 0 Å². The predicted octanol–water partition coefficient (Wildman–Crippen LogP) is -6.19. The summed E-state index contributed by atoms with van der Waals surface area (Å²) in [7, 11) is -10.4. The molecule has 0 aliphatic heterocycles. The van der Waals surface area contributed by atoms with E-state index < -0.39 is 42.3 Å². The van der Waals surface area contributed by atoms with Gasteiger partial charge in [0.25, 0.3) is 20.2 Å². The minimum Gasteiger partial charge on any atom is -1.00 e. The Balaban J connectivity index is -0.00000110. The second-order valence-corrected chi connectivity index (χ2v) is 7.22. The quantitative estimate of drug-likeness (QED) is 0.388. The topological polar surface area (TPSA) is 143 Å². The summed E-state index contributed by atoms with van der Waals surface area (Å²) < 4.78 is 62.9. The molecule has 2 rings (SSSR count). The van der Waals surface area contributed by atoms with Crippen LogP contribution in [-0.2, 0) is 20.2 Å². The normalized spacial score (nSPS) is 21.4. The molecule has 2 N–H and O–H groups in total. The number of carbonyl (C=O) groups excluding carboxylic acids is 2. The van der Waals surface area contributed by atoms with Gasteiger partial charge in [-0.3, -0.25) is 18.7 Å². The van der Waals surface area contributed by atoms with Crippen LogP contribution in [0.4, 0.5) is 0 Å². The zero-order chi connectivity index (χ0) is 15.3. The van der Waals surface area contributed by atoms with Gasteiger partial charge in [-0.15, -0.1) is 0 Å². The van der Waals surface area contributed by atoms with Gasteiger partial charge in [-0.1, -0.05) is 24.3 Å². The molecule has 0 heterocycles. The number of hydrogen-bond acceptors (Lipinski definition) is 6. The minimum atomic E-state index is -5.19. The molecule has 0 aromatic heterocycles. The maximum Gasteiger partial charge on any atom is 1.00 e. The molecular weight excluding hydrogens is 358 g/mol. The van der Waals surface area contributed by atoms with Crippen molar-refractivity contribution in [2.24, 2.45) is 0 Å². The molecule has 8 nitrogen and oxygen atoms in total. The first-order valence-electron chi connectivity index (χ1n) is 5.15. The molecule has 12 heteroatoms. The van der Waals surface area contributed by atoms with Crippen molar-refractivity contribution in [1.29, 1.82) is 0 Å². The first-order chi connectivity index (χ1) is 9.05. The molecule has 1 aromatic carbocycles. The molecular formula is C10H10Na2O8S2. The molecule has 0 saturated heterocycles. The third-order valence-corrected chi connectivity index (χ3v) is 5.32. The van der Waals surface area contributed by atoms with E-state index >= 15 is 0 Å². The molecule has 22 heavy (non-hydrogen) atoms. The van der Waals surface area contributed by atoms with Crippen molar-refractivity contribution in [2.75, 3.05) is 0 Å². The smallest absolute Gasteiger partial charge is 1.00 e. The van der Waals surface area contributed by atoms with Gasteiger partial charge in [0.15, 0.2) is 22.1 Å². The summed E-state index contributed by atoms with van der Waals surface area (Å²) in [4.78, 5) is 24.0. The largest absolute Gasteiger partial charge is 1.00 e. The number of Topliss-reactive ketones (excluding diaryl/α,β-unsaturated/α-hetero) is 2. The Bertz CT molecular complexity index is 756. The summed E-state index contributed by atoms with van der Waals surface area (Å²) in [6.07, 6.45) is 0. The van der Waals surface area contributed by atoms with Crippen LogP contribution in [0.3, 0.4) is 0 Å². The molecule has 2 unspecified atom stereocenters. The van der Waals surface area contributed by atoms with Crippen LogP contribution >= 0.6 is 0 Å². The van der Waals surface area contributed by atoms with Crippen LogP contribution < -0.4 is 59.1 Å². The maximum atomic E-state index is 12.0. The van der Waals surface area contributed by atoms with E-state index in [1.807, 2.05) is 0 Å². The fourth-order valence-corrected chi connectivity index (χ4v) is 4.59. The van der Waals surface area contributed by atoms with Crippen molar-refractivity contribution in [3.05, 3.63) is 35.4 Å². The number of rotatable bonds is 2. The minimum absolute atomic E-state index is 0. The van der Waals surface area contributed by atoms with Gasteiger partial charge < -0.3 is 2.85 Å².